The van der Waals surface area contributed by atoms with E-state index in [4.69, 9.17) is 22.2 Å². The Morgan fingerprint density at radius 1 is 1.62 bits per heavy atom. The minimum absolute atomic E-state index is 0.0201. The molecule has 0 bridgehead atoms. The molecule has 0 spiro atoms. The van der Waals surface area contributed by atoms with E-state index in [0.717, 1.165) is 0 Å². The number of nitro benzene ring substituents is 1. The van der Waals surface area contributed by atoms with Gasteiger partial charge in [0, 0.05) is 18.2 Å². The van der Waals surface area contributed by atoms with Gasteiger partial charge in [-0.3, -0.25) is 20.8 Å². The largest absolute Gasteiger partial charge is 0.377 e. The Bertz CT molecular complexity index is 581. The molecule has 1 amide bonds. The van der Waals surface area contributed by atoms with Gasteiger partial charge in [0.1, 0.15) is 5.69 Å². The lowest BCUT2D eigenvalue weighted by atomic mass is 10.1. The van der Waals surface area contributed by atoms with Gasteiger partial charge in [0.05, 0.1) is 29.2 Å². The number of anilines is 1. The minimum atomic E-state index is -0.638. The number of nitrogens with one attached hydrogen (secondary N) is 1. The van der Waals surface area contributed by atoms with E-state index in [9.17, 15) is 14.9 Å². The lowest BCUT2D eigenvalue weighted by Crippen LogP contribution is -2.47. The van der Waals surface area contributed by atoms with Crippen molar-refractivity contribution in [2.24, 2.45) is 5.84 Å². The monoisotopic (exact) mass is 314 g/mol. The Kier molecular flexibility index (Phi) is 4.61. The van der Waals surface area contributed by atoms with Crippen LogP contribution in [-0.4, -0.2) is 41.5 Å². The molecule has 114 valence electrons. The Hall–Kier alpha value is -1.90. The zero-order valence-electron chi connectivity index (χ0n) is 11.3. The van der Waals surface area contributed by atoms with Gasteiger partial charge in [0.15, 0.2) is 0 Å². The number of rotatable bonds is 3. The molecule has 1 atom stereocenters. The van der Waals surface area contributed by atoms with Crippen molar-refractivity contribution in [3.05, 3.63) is 32.8 Å². The van der Waals surface area contributed by atoms with Gasteiger partial charge in [-0.05, 0) is 13.0 Å². The number of halogens is 1. The van der Waals surface area contributed by atoms with Gasteiger partial charge in [-0.1, -0.05) is 11.6 Å². The van der Waals surface area contributed by atoms with Crippen molar-refractivity contribution in [1.82, 2.24) is 4.90 Å². The Labute approximate surface area is 125 Å². The molecule has 0 aromatic heterocycles. The number of amides is 1. The molecule has 0 radical (unpaired) electrons. The van der Waals surface area contributed by atoms with Crippen LogP contribution in [-0.2, 0) is 4.74 Å². The van der Waals surface area contributed by atoms with Gasteiger partial charge in [-0.25, -0.2) is 0 Å². The number of benzene rings is 1. The van der Waals surface area contributed by atoms with Gasteiger partial charge in [0.2, 0.25) is 0 Å². The van der Waals surface area contributed by atoms with Crippen molar-refractivity contribution in [2.75, 3.05) is 25.2 Å². The number of hydrogen-bond acceptors (Lipinski definition) is 6. The zero-order chi connectivity index (χ0) is 15.6. The first kappa shape index (κ1) is 15.5. The van der Waals surface area contributed by atoms with E-state index in [-0.39, 0.29) is 33.9 Å². The number of hydrogen-bond donors (Lipinski definition) is 2. The smallest absolute Gasteiger partial charge is 0.295 e. The fourth-order valence-corrected chi connectivity index (χ4v) is 2.47. The number of carbonyl (C=O) groups is 1. The van der Waals surface area contributed by atoms with Crippen molar-refractivity contribution >= 4 is 28.9 Å². The Morgan fingerprint density at radius 3 is 2.90 bits per heavy atom. The molecule has 1 heterocycles. The van der Waals surface area contributed by atoms with Crippen LogP contribution in [0.25, 0.3) is 0 Å². The van der Waals surface area contributed by atoms with Crippen molar-refractivity contribution < 1.29 is 14.5 Å². The van der Waals surface area contributed by atoms with E-state index in [1.807, 2.05) is 6.92 Å². The molecule has 0 aliphatic carbocycles. The van der Waals surface area contributed by atoms with Gasteiger partial charge in [0.25, 0.3) is 11.6 Å². The zero-order valence-corrected chi connectivity index (χ0v) is 12.1. The van der Waals surface area contributed by atoms with E-state index in [0.29, 0.717) is 19.8 Å². The third kappa shape index (κ3) is 3.07. The topological polar surface area (TPSA) is 111 Å². The second-order valence-electron chi connectivity index (χ2n) is 4.68. The molecule has 1 aliphatic heterocycles. The standard InChI is InChI=1S/C12H15ClN4O4/c1-7-6-21-3-2-16(7)12(18)8-4-9(13)11(15-14)10(5-8)17(19)20/h4-5,7,15H,2-3,6,14H2,1H3. The molecule has 8 nitrogen and oxygen atoms in total. The molecule has 1 unspecified atom stereocenters. The molecular formula is C12H15ClN4O4. The number of nitrogens with two attached hydrogens (primary N) is 1. The van der Waals surface area contributed by atoms with Crippen LogP contribution in [0, 0.1) is 10.1 Å². The third-order valence-corrected chi connectivity index (χ3v) is 3.58. The summed E-state index contributed by atoms with van der Waals surface area (Å²) in [4.78, 5) is 24.5. The number of morpholine rings is 1. The third-order valence-electron chi connectivity index (χ3n) is 3.29. The molecular weight excluding hydrogens is 300 g/mol. The molecule has 3 N–H and O–H groups in total. The Balaban J connectivity index is 2.39. The van der Waals surface area contributed by atoms with Crippen LogP contribution in [0.2, 0.25) is 5.02 Å². The molecule has 9 heteroatoms. The van der Waals surface area contributed by atoms with E-state index < -0.39 is 4.92 Å². The lowest BCUT2D eigenvalue weighted by Gasteiger charge is -2.33. The van der Waals surface area contributed by atoms with Crippen LogP contribution in [0.4, 0.5) is 11.4 Å². The summed E-state index contributed by atoms with van der Waals surface area (Å²) in [6, 6.07) is 2.44. The number of carbonyl (C=O) groups excluding carboxylic acids is 1. The molecule has 1 aromatic carbocycles. The van der Waals surface area contributed by atoms with Crippen LogP contribution in [0.1, 0.15) is 17.3 Å². The highest BCUT2D eigenvalue weighted by molar-refractivity contribution is 6.34. The normalized spacial score (nSPS) is 18.4. The second-order valence-corrected chi connectivity index (χ2v) is 5.08. The van der Waals surface area contributed by atoms with E-state index in [1.54, 1.807) is 4.90 Å². The summed E-state index contributed by atoms with van der Waals surface area (Å²) in [6.45, 7) is 3.16. The van der Waals surface area contributed by atoms with E-state index in [1.165, 1.54) is 12.1 Å². The average Bonchev–Trinajstić information content (AvgIpc) is 2.46. The summed E-state index contributed by atoms with van der Waals surface area (Å²) in [5.41, 5.74) is 1.97. The molecule has 1 fully saturated rings. The van der Waals surface area contributed by atoms with E-state index in [2.05, 4.69) is 5.43 Å². The highest BCUT2D eigenvalue weighted by atomic mass is 35.5. The van der Waals surface area contributed by atoms with Crippen LogP contribution in [0.5, 0.6) is 0 Å². The van der Waals surface area contributed by atoms with Crippen LogP contribution in [0.15, 0.2) is 12.1 Å². The average molecular weight is 315 g/mol. The molecule has 1 saturated heterocycles. The van der Waals surface area contributed by atoms with Crippen LogP contribution < -0.4 is 11.3 Å². The number of nitrogen functional groups attached to an aromatic ring is 1. The van der Waals surface area contributed by atoms with Gasteiger partial charge in [-0.15, -0.1) is 0 Å². The summed E-state index contributed by atoms with van der Waals surface area (Å²) in [7, 11) is 0. The number of nitro groups is 1. The summed E-state index contributed by atoms with van der Waals surface area (Å²) in [6.07, 6.45) is 0. The van der Waals surface area contributed by atoms with Crippen molar-refractivity contribution in [1.29, 1.82) is 0 Å². The summed E-state index contributed by atoms with van der Waals surface area (Å²) in [5, 5.41) is 11.1. The second kappa shape index (κ2) is 6.25. The van der Waals surface area contributed by atoms with Crippen molar-refractivity contribution in [2.45, 2.75) is 13.0 Å². The maximum atomic E-state index is 12.5. The fourth-order valence-electron chi connectivity index (χ4n) is 2.20. The first-order valence-corrected chi connectivity index (χ1v) is 6.66. The summed E-state index contributed by atoms with van der Waals surface area (Å²) >= 11 is 5.96. The fraction of sp³-hybridized carbons (Fsp3) is 0.417. The van der Waals surface area contributed by atoms with Crippen LogP contribution in [0.3, 0.4) is 0 Å². The van der Waals surface area contributed by atoms with Gasteiger partial charge < -0.3 is 15.1 Å². The predicted molar refractivity (Wildman–Crippen MR) is 77.2 cm³/mol. The maximum absolute atomic E-state index is 12.5. The highest BCUT2D eigenvalue weighted by Gasteiger charge is 2.28. The molecule has 0 saturated carbocycles. The lowest BCUT2D eigenvalue weighted by molar-refractivity contribution is -0.384. The van der Waals surface area contributed by atoms with Gasteiger partial charge >= 0.3 is 0 Å². The SMILES string of the molecule is CC1COCCN1C(=O)c1cc(Cl)c(NN)c([N+](=O)[O-])c1. The molecule has 21 heavy (non-hydrogen) atoms. The summed E-state index contributed by atoms with van der Waals surface area (Å²) < 4.78 is 5.27. The molecule has 2 rings (SSSR count). The predicted octanol–water partition coefficient (Wildman–Crippen LogP) is 1.39. The highest BCUT2D eigenvalue weighted by Crippen LogP contribution is 2.33. The first-order valence-electron chi connectivity index (χ1n) is 6.29. The van der Waals surface area contributed by atoms with Crippen molar-refractivity contribution in [3.63, 3.8) is 0 Å². The van der Waals surface area contributed by atoms with Gasteiger partial charge in [-0.2, -0.15) is 0 Å². The molecule has 1 aromatic rings. The number of ether oxygens (including phenoxy) is 1. The van der Waals surface area contributed by atoms with Crippen LogP contribution >= 0.6 is 11.6 Å². The quantitative estimate of drug-likeness (QED) is 0.495. The number of hydrazine groups is 1. The maximum Gasteiger partial charge on any atom is 0.295 e. The first-order chi connectivity index (χ1) is 9.95. The van der Waals surface area contributed by atoms with Crippen molar-refractivity contribution in [3.8, 4) is 0 Å². The number of nitrogens with zero attached hydrogens (tertiary/aromatic N) is 2. The molecule has 1 aliphatic rings. The minimum Gasteiger partial charge on any atom is -0.377 e. The summed E-state index contributed by atoms with van der Waals surface area (Å²) in [5.74, 6) is 4.91. The van der Waals surface area contributed by atoms with E-state index >= 15 is 0 Å². The Morgan fingerprint density at radius 2 is 2.33 bits per heavy atom.